The van der Waals surface area contributed by atoms with Crippen LogP contribution in [-0.4, -0.2) is 12.4 Å². The second-order valence-corrected chi connectivity index (χ2v) is 6.58. The van der Waals surface area contributed by atoms with Gasteiger partial charge < -0.3 is 10.5 Å². The molecule has 0 radical (unpaired) electrons. The molecule has 3 heteroatoms. The van der Waals surface area contributed by atoms with E-state index in [4.69, 9.17) is 10.5 Å². The van der Waals surface area contributed by atoms with E-state index in [0.717, 1.165) is 12.2 Å². The Morgan fingerprint density at radius 1 is 1.15 bits per heavy atom. The van der Waals surface area contributed by atoms with Crippen molar-refractivity contribution < 1.29 is 4.74 Å². The van der Waals surface area contributed by atoms with Gasteiger partial charge in [0.2, 0.25) is 0 Å². The van der Waals surface area contributed by atoms with E-state index in [1.54, 1.807) is 7.11 Å². The van der Waals surface area contributed by atoms with Gasteiger partial charge in [0.1, 0.15) is 5.75 Å². The number of methoxy groups -OCH3 is 1. The molecule has 0 heterocycles. The maximum atomic E-state index is 6.42. The van der Waals surface area contributed by atoms with Crippen LogP contribution in [0.3, 0.4) is 0 Å². The maximum Gasteiger partial charge on any atom is 0.119 e. The summed E-state index contributed by atoms with van der Waals surface area (Å²) in [5.41, 5.74) is 10.3. The molecule has 0 aromatic heterocycles. The molecular weight excluding hydrogens is 266 g/mol. The van der Waals surface area contributed by atoms with E-state index in [-0.39, 0.29) is 6.04 Å². The third kappa shape index (κ3) is 2.56. The van der Waals surface area contributed by atoms with Gasteiger partial charge in [-0.2, -0.15) is 0 Å². The normalized spacial score (nSPS) is 20.8. The summed E-state index contributed by atoms with van der Waals surface area (Å²) in [7, 11) is 1.70. The van der Waals surface area contributed by atoms with E-state index in [2.05, 4.69) is 43.3 Å². The SMILES string of the molecule is COc1ccc2c(c1)C(N)C(Sc1ccc(C)cc1)C2. The molecule has 3 rings (SSSR count). The average Bonchev–Trinajstić information content (AvgIpc) is 2.77. The molecule has 0 bridgehead atoms. The Morgan fingerprint density at radius 2 is 1.90 bits per heavy atom. The molecule has 104 valence electrons. The minimum Gasteiger partial charge on any atom is -0.497 e. The summed E-state index contributed by atoms with van der Waals surface area (Å²) >= 11 is 1.87. The molecule has 0 saturated carbocycles. The van der Waals surface area contributed by atoms with Crippen molar-refractivity contribution in [2.24, 2.45) is 5.73 Å². The highest BCUT2D eigenvalue weighted by molar-refractivity contribution is 8.00. The quantitative estimate of drug-likeness (QED) is 0.933. The van der Waals surface area contributed by atoms with Gasteiger partial charge in [-0.05, 0) is 48.7 Å². The van der Waals surface area contributed by atoms with E-state index in [1.165, 1.54) is 21.6 Å². The summed E-state index contributed by atoms with van der Waals surface area (Å²) in [4.78, 5) is 1.29. The van der Waals surface area contributed by atoms with Crippen LogP contribution in [0.1, 0.15) is 22.7 Å². The van der Waals surface area contributed by atoms with Crippen molar-refractivity contribution in [1.82, 2.24) is 0 Å². The third-order valence-corrected chi connectivity index (χ3v) is 5.15. The van der Waals surface area contributed by atoms with Gasteiger partial charge in [0.25, 0.3) is 0 Å². The van der Waals surface area contributed by atoms with Gasteiger partial charge in [0, 0.05) is 16.2 Å². The van der Waals surface area contributed by atoms with E-state index in [1.807, 2.05) is 17.8 Å². The second-order valence-electron chi connectivity index (χ2n) is 5.26. The predicted octanol–water partition coefficient (Wildman–Crippen LogP) is 3.72. The molecule has 2 aromatic rings. The zero-order chi connectivity index (χ0) is 14.1. The lowest BCUT2D eigenvalue weighted by Gasteiger charge is -2.15. The number of ether oxygens (including phenoxy) is 1. The average molecular weight is 285 g/mol. The molecule has 2 aromatic carbocycles. The fourth-order valence-corrected chi connectivity index (χ4v) is 3.85. The zero-order valence-electron chi connectivity index (χ0n) is 11.8. The fraction of sp³-hybridized carbons (Fsp3) is 0.294. The van der Waals surface area contributed by atoms with Gasteiger partial charge in [0.05, 0.1) is 7.11 Å². The van der Waals surface area contributed by atoms with Crippen molar-refractivity contribution in [2.75, 3.05) is 7.11 Å². The van der Waals surface area contributed by atoms with Crippen LogP contribution >= 0.6 is 11.8 Å². The lowest BCUT2D eigenvalue weighted by Crippen LogP contribution is -2.18. The van der Waals surface area contributed by atoms with Crippen LogP contribution in [0.4, 0.5) is 0 Å². The van der Waals surface area contributed by atoms with Crippen LogP contribution in [0.5, 0.6) is 5.75 Å². The second kappa shape index (κ2) is 5.51. The smallest absolute Gasteiger partial charge is 0.119 e. The topological polar surface area (TPSA) is 35.2 Å². The van der Waals surface area contributed by atoms with Gasteiger partial charge in [-0.1, -0.05) is 23.8 Å². The highest BCUT2D eigenvalue weighted by atomic mass is 32.2. The first-order valence-electron chi connectivity index (χ1n) is 6.83. The van der Waals surface area contributed by atoms with Gasteiger partial charge in [0.15, 0.2) is 0 Å². The highest BCUT2D eigenvalue weighted by Gasteiger charge is 2.30. The van der Waals surface area contributed by atoms with Gasteiger partial charge in [-0.25, -0.2) is 0 Å². The van der Waals surface area contributed by atoms with Crippen LogP contribution in [-0.2, 0) is 6.42 Å². The zero-order valence-corrected chi connectivity index (χ0v) is 12.6. The van der Waals surface area contributed by atoms with Gasteiger partial charge in [-0.3, -0.25) is 0 Å². The number of hydrogen-bond donors (Lipinski definition) is 1. The molecule has 2 unspecified atom stereocenters. The van der Waals surface area contributed by atoms with Crippen LogP contribution in [0, 0.1) is 6.92 Å². The summed E-state index contributed by atoms with van der Waals surface area (Å²) in [5, 5.41) is 0.403. The van der Waals surface area contributed by atoms with Crippen molar-refractivity contribution in [3.05, 3.63) is 59.2 Å². The van der Waals surface area contributed by atoms with Gasteiger partial charge in [-0.15, -0.1) is 11.8 Å². The fourth-order valence-electron chi connectivity index (χ4n) is 2.65. The molecule has 0 spiro atoms. The molecule has 20 heavy (non-hydrogen) atoms. The first-order chi connectivity index (χ1) is 9.67. The number of benzene rings is 2. The van der Waals surface area contributed by atoms with Crippen molar-refractivity contribution >= 4 is 11.8 Å². The molecule has 0 aliphatic heterocycles. The number of thioether (sulfide) groups is 1. The Bertz CT molecular complexity index is 609. The third-order valence-electron chi connectivity index (χ3n) is 3.84. The lowest BCUT2D eigenvalue weighted by molar-refractivity contribution is 0.414. The molecule has 1 aliphatic carbocycles. The first-order valence-corrected chi connectivity index (χ1v) is 7.71. The number of hydrogen-bond acceptors (Lipinski definition) is 3. The highest BCUT2D eigenvalue weighted by Crippen LogP contribution is 2.41. The lowest BCUT2D eigenvalue weighted by atomic mass is 10.1. The molecule has 2 atom stereocenters. The Morgan fingerprint density at radius 3 is 2.60 bits per heavy atom. The molecule has 0 amide bonds. The molecule has 2 nitrogen and oxygen atoms in total. The largest absolute Gasteiger partial charge is 0.497 e. The molecular formula is C17H19NOS. The molecule has 2 N–H and O–H groups in total. The van der Waals surface area contributed by atoms with E-state index >= 15 is 0 Å². The number of aryl methyl sites for hydroxylation is 1. The van der Waals surface area contributed by atoms with E-state index in [9.17, 15) is 0 Å². The monoisotopic (exact) mass is 285 g/mol. The van der Waals surface area contributed by atoms with Crippen molar-refractivity contribution in [3.63, 3.8) is 0 Å². The molecule has 0 saturated heterocycles. The Hall–Kier alpha value is -1.45. The molecule has 0 fully saturated rings. The van der Waals surface area contributed by atoms with Crippen LogP contribution < -0.4 is 10.5 Å². The maximum absolute atomic E-state index is 6.42. The van der Waals surface area contributed by atoms with Crippen LogP contribution in [0.2, 0.25) is 0 Å². The van der Waals surface area contributed by atoms with Crippen LogP contribution in [0.25, 0.3) is 0 Å². The standard InChI is InChI=1S/C17H19NOS/c1-11-3-7-14(8-4-11)20-16-9-12-5-6-13(19-2)10-15(12)17(16)18/h3-8,10,16-17H,9,18H2,1-2H3. The van der Waals surface area contributed by atoms with Crippen molar-refractivity contribution in [2.45, 2.75) is 29.5 Å². The first kappa shape index (κ1) is 13.5. The van der Waals surface area contributed by atoms with Crippen molar-refractivity contribution in [3.8, 4) is 5.75 Å². The number of fused-ring (bicyclic) bond motifs is 1. The summed E-state index contributed by atoms with van der Waals surface area (Å²) in [6, 6.07) is 15.0. The summed E-state index contributed by atoms with van der Waals surface area (Å²) in [6.45, 7) is 2.11. The Balaban J connectivity index is 1.79. The predicted molar refractivity (Wildman–Crippen MR) is 84.5 cm³/mol. The Labute approximate surface area is 124 Å². The minimum atomic E-state index is 0.0754. The van der Waals surface area contributed by atoms with E-state index in [0.29, 0.717) is 5.25 Å². The van der Waals surface area contributed by atoms with Gasteiger partial charge >= 0.3 is 0 Å². The van der Waals surface area contributed by atoms with Crippen LogP contribution in [0.15, 0.2) is 47.4 Å². The Kier molecular flexibility index (Phi) is 3.72. The van der Waals surface area contributed by atoms with E-state index < -0.39 is 0 Å². The molecule has 1 aliphatic rings. The number of rotatable bonds is 3. The summed E-state index contributed by atoms with van der Waals surface area (Å²) in [6.07, 6.45) is 1.03. The summed E-state index contributed by atoms with van der Waals surface area (Å²) in [5.74, 6) is 0.889. The number of nitrogens with two attached hydrogens (primary N) is 1. The summed E-state index contributed by atoms with van der Waals surface area (Å²) < 4.78 is 5.29. The van der Waals surface area contributed by atoms with Crippen molar-refractivity contribution in [1.29, 1.82) is 0 Å². The minimum absolute atomic E-state index is 0.0754.